The van der Waals surface area contributed by atoms with Crippen LogP contribution in [0, 0.1) is 11.6 Å². The normalized spacial score (nSPS) is 12.6. The van der Waals surface area contributed by atoms with Gasteiger partial charge in [-0.1, -0.05) is 18.1 Å². The Labute approximate surface area is 121 Å². The van der Waals surface area contributed by atoms with E-state index in [2.05, 4.69) is 10.1 Å². The Morgan fingerprint density at radius 2 is 2.05 bits per heavy atom. The first-order valence-corrected chi connectivity index (χ1v) is 6.70. The van der Waals surface area contributed by atoms with E-state index in [1.165, 1.54) is 18.2 Å². The molecule has 114 valence electrons. The predicted molar refractivity (Wildman–Crippen MR) is 71.5 cm³/mol. The third kappa shape index (κ3) is 4.05. The van der Waals surface area contributed by atoms with Crippen molar-refractivity contribution in [2.45, 2.75) is 25.8 Å². The second kappa shape index (κ2) is 7.24. The summed E-state index contributed by atoms with van der Waals surface area (Å²) in [6, 6.07) is 3.13. The van der Waals surface area contributed by atoms with Crippen LogP contribution in [0.25, 0.3) is 0 Å². The highest BCUT2D eigenvalue weighted by Crippen LogP contribution is 2.17. The van der Waals surface area contributed by atoms with E-state index in [0.29, 0.717) is 6.61 Å². The number of halogens is 2. The van der Waals surface area contributed by atoms with Crippen LogP contribution in [0.1, 0.15) is 36.7 Å². The minimum atomic E-state index is -0.648. The summed E-state index contributed by atoms with van der Waals surface area (Å²) in [5, 5.41) is 3.71. The Morgan fingerprint density at radius 1 is 1.33 bits per heavy atom. The number of hydrogen-bond acceptors (Lipinski definition) is 5. The highest BCUT2D eigenvalue weighted by molar-refractivity contribution is 5.22. The van der Waals surface area contributed by atoms with Crippen LogP contribution in [0.3, 0.4) is 0 Å². The Balaban J connectivity index is 2.03. The van der Waals surface area contributed by atoms with Gasteiger partial charge < -0.3 is 15.0 Å². The van der Waals surface area contributed by atoms with E-state index in [-0.39, 0.29) is 30.3 Å². The van der Waals surface area contributed by atoms with E-state index >= 15 is 0 Å². The van der Waals surface area contributed by atoms with Crippen molar-refractivity contribution in [1.29, 1.82) is 0 Å². The Hall–Kier alpha value is -1.86. The molecule has 0 bridgehead atoms. The molecular formula is C14H17F2N3O2. The van der Waals surface area contributed by atoms with Crippen molar-refractivity contribution in [3.05, 3.63) is 47.1 Å². The van der Waals surface area contributed by atoms with Gasteiger partial charge in [0.2, 0.25) is 5.89 Å². The van der Waals surface area contributed by atoms with Crippen molar-refractivity contribution >= 4 is 0 Å². The first-order chi connectivity index (χ1) is 10.1. The topological polar surface area (TPSA) is 74.2 Å². The average molecular weight is 297 g/mol. The number of benzene rings is 1. The van der Waals surface area contributed by atoms with Crippen LogP contribution < -0.4 is 5.73 Å². The number of hydrogen-bond donors (Lipinski definition) is 1. The summed E-state index contributed by atoms with van der Waals surface area (Å²) in [4.78, 5) is 4.05. The lowest BCUT2D eigenvalue weighted by Crippen LogP contribution is -2.19. The number of rotatable bonds is 7. The van der Waals surface area contributed by atoms with Crippen LogP contribution in [0.5, 0.6) is 0 Å². The second-order valence-corrected chi connectivity index (χ2v) is 4.60. The van der Waals surface area contributed by atoms with Crippen molar-refractivity contribution in [2.24, 2.45) is 5.73 Å². The molecular weight excluding hydrogens is 280 g/mol. The molecule has 5 nitrogen and oxygen atoms in total. The first-order valence-electron chi connectivity index (χ1n) is 6.70. The molecule has 2 aromatic rings. The smallest absolute Gasteiger partial charge is 0.231 e. The molecule has 1 atom stereocenters. The fraction of sp³-hybridized carbons (Fsp3) is 0.429. The molecule has 0 saturated heterocycles. The Bertz CT molecular complexity index is 569. The van der Waals surface area contributed by atoms with Gasteiger partial charge >= 0.3 is 0 Å². The van der Waals surface area contributed by atoms with Crippen molar-refractivity contribution in [3.8, 4) is 0 Å². The quantitative estimate of drug-likeness (QED) is 0.794. The maximum absolute atomic E-state index is 13.5. The third-order valence-corrected chi connectivity index (χ3v) is 2.85. The fourth-order valence-electron chi connectivity index (χ4n) is 1.77. The average Bonchev–Trinajstić information content (AvgIpc) is 2.92. The number of nitrogens with zero attached hydrogens (tertiary/aromatic N) is 2. The SMILES string of the molecule is CCCOCC(N)c1noc(Cc2c(F)cccc2F)n1. The number of nitrogens with two attached hydrogens (primary N) is 1. The van der Waals surface area contributed by atoms with E-state index in [9.17, 15) is 8.78 Å². The molecule has 0 aliphatic heterocycles. The highest BCUT2D eigenvalue weighted by atomic mass is 19.1. The van der Waals surface area contributed by atoms with E-state index in [1.54, 1.807) is 0 Å². The lowest BCUT2D eigenvalue weighted by atomic mass is 10.1. The van der Waals surface area contributed by atoms with Crippen LogP contribution in [-0.2, 0) is 11.2 Å². The van der Waals surface area contributed by atoms with Gasteiger partial charge in [-0.2, -0.15) is 4.98 Å². The molecule has 0 saturated carbocycles. The largest absolute Gasteiger partial charge is 0.379 e. The van der Waals surface area contributed by atoms with Crippen LogP contribution in [0.15, 0.2) is 22.7 Å². The van der Waals surface area contributed by atoms with Gasteiger partial charge in [0.25, 0.3) is 0 Å². The Kier molecular flexibility index (Phi) is 5.35. The van der Waals surface area contributed by atoms with Crippen LogP contribution in [-0.4, -0.2) is 23.4 Å². The summed E-state index contributed by atoms with van der Waals surface area (Å²) >= 11 is 0. The Morgan fingerprint density at radius 3 is 2.71 bits per heavy atom. The van der Waals surface area contributed by atoms with Gasteiger partial charge in [0.1, 0.15) is 11.6 Å². The summed E-state index contributed by atoms with van der Waals surface area (Å²) < 4.78 is 37.3. The van der Waals surface area contributed by atoms with Crippen molar-refractivity contribution in [3.63, 3.8) is 0 Å². The lowest BCUT2D eigenvalue weighted by Gasteiger charge is -2.06. The molecule has 2 rings (SSSR count). The molecule has 0 radical (unpaired) electrons. The molecule has 1 unspecified atom stereocenters. The van der Waals surface area contributed by atoms with Crippen molar-refractivity contribution < 1.29 is 18.0 Å². The van der Waals surface area contributed by atoms with Gasteiger partial charge in [0, 0.05) is 12.2 Å². The van der Waals surface area contributed by atoms with E-state index in [4.69, 9.17) is 15.0 Å². The summed E-state index contributed by atoms with van der Waals surface area (Å²) in [7, 11) is 0. The summed E-state index contributed by atoms with van der Waals surface area (Å²) in [6.45, 7) is 2.85. The molecule has 1 aromatic carbocycles. The van der Waals surface area contributed by atoms with Crippen LogP contribution in [0.2, 0.25) is 0 Å². The van der Waals surface area contributed by atoms with Crippen molar-refractivity contribution in [2.75, 3.05) is 13.2 Å². The summed E-state index contributed by atoms with van der Waals surface area (Å²) in [5.41, 5.74) is 5.74. The minimum absolute atomic E-state index is 0.108. The maximum atomic E-state index is 13.5. The first kappa shape index (κ1) is 15.5. The van der Waals surface area contributed by atoms with Gasteiger partial charge in [0.15, 0.2) is 5.82 Å². The zero-order chi connectivity index (χ0) is 15.2. The van der Waals surface area contributed by atoms with Crippen LogP contribution in [0.4, 0.5) is 8.78 Å². The summed E-state index contributed by atoms with van der Waals surface area (Å²) in [5.74, 6) is -0.923. The highest BCUT2D eigenvalue weighted by Gasteiger charge is 2.17. The standard InChI is InChI=1S/C14H17F2N3O2/c1-2-6-20-8-12(17)14-18-13(21-19-14)7-9-10(15)4-3-5-11(9)16/h3-5,12H,2,6-8,17H2,1H3. The van der Waals surface area contributed by atoms with Crippen molar-refractivity contribution in [1.82, 2.24) is 10.1 Å². The molecule has 0 amide bonds. The molecule has 0 aliphatic carbocycles. The lowest BCUT2D eigenvalue weighted by molar-refractivity contribution is 0.119. The molecule has 0 aliphatic rings. The molecule has 2 N–H and O–H groups in total. The summed E-state index contributed by atoms with van der Waals surface area (Å²) in [6.07, 6.45) is 0.769. The minimum Gasteiger partial charge on any atom is -0.379 e. The molecule has 0 spiro atoms. The zero-order valence-electron chi connectivity index (χ0n) is 11.7. The van der Waals surface area contributed by atoms with Gasteiger partial charge in [-0.3, -0.25) is 0 Å². The fourth-order valence-corrected chi connectivity index (χ4v) is 1.77. The monoisotopic (exact) mass is 297 g/mol. The third-order valence-electron chi connectivity index (χ3n) is 2.85. The number of aromatic nitrogens is 2. The maximum Gasteiger partial charge on any atom is 0.231 e. The van der Waals surface area contributed by atoms with Gasteiger partial charge in [-0.15, -0.1) is 0 Å². The van der Waals surface area contributed by atoms with E-state index in [0.717, 1.165) is 6.42 Å². The molecule has 1 aromatic heterocycles. The van der Waals surface area contributed by atoms with Crippen LogP contribution >= 0.6 is 0 Å². The van der Waals surface area contributed by atoms with Gasteiger partial charge in [-0.05, 0) is 18.6 Å². The predicted octanol–water partition coefficient (Wildman–Crippen LogP) is 2.37. The van der Waals surface area contributed by atoms with Gasteiger partial charge in [0.05, 0.1) is 19.1 Å². The van der Waals surface area contributed by atoms with Gasteiger partial charge in [-0.25, -0.2) is 8.78 Å². The van der Waals surface area contributed by atoms with E-state index in [1.807, 2.05) is 6.92 Å². The molecule has 0 fully saturated rings. The van der Waals surface area contributed by atoms with E-state index < -0.39 is 17.7 Å². The zero-order valence-corrected chi connectivity index (χ0v) is 11.7. The molecule has 7 heteroatoms. The molecule has 1 heterocycles. The number of ether oxygens (including phenoxy) is 1. The molecule has 21 heavy (non-hydrogen) atoms. The second-order valence-electron chi connectivity index (χ2n) is 4.60.